The minimum Gasteiger partial charge on any atom is -0.355 e. The SMILES string of the molecule is CCCC1(CNC(=O)C2CCCC(N)C2)CCC1. The Balaban J connectivity index is 1.77. The quantitative estimate of drug-likeness (QED) is 0.790. The molecule has 0 spiro atoms. The molecule has 2 aliphatic carbocycles. The van der Waals surface area contributed by atoms with Crippen molar-refractivity contribution >= 4 is 5.91 Å². The van der Waals surface area contributed by atoms with E-state index in [0.29, 0.717) is 5.41 Å². The predicted molar refractivity (Wildman–Crippen MR) is 74.1 cm³/mol. The summed E-state index contributed by atoms with van der Waals surface area (Å²) in [6.07, 6.45) is 10.5. The average Bonchev–Trinajstić information content (AvgIpc) is 2.32. The second-order valence-corrected chi connectivity index (χ2v) is 6.44. The summed E-state index contributed by atoms with van der Waals surface area (Å²) in [7, 11) is 0. The standard InChI is InChI=1S/C15H28N2O/c1-2-7-15(8-4-9-15)11-17-14(18)12-5-3-6-13(16)10-12/h12-13H,2-11,16H2,1H3,(H,17,18). The van der Waals surface area contributed by atoms with Crippen LogP contribution in [0.2, 0.25) is 0 Å². The Morgan fingerprint density at radius 2 is 2.11 bits per heavy atom. The largest absolute Gasteiger partial charge is 0.355 e. The number of carbonyl (C=O) groups excluding carboxylic acids is 1. The van der Waals surface area contributed by atoms with Gasteiger partial charge in [0.25, 0.3) is 0 Å². The minimum atomic E-state index is 0.174. The maximum Gasteiger partial charge on any atom is 0.223 e. The van der Waals surface area contributed by atoms with Crippen LogP contribution in [0.1, 0.15) is 64.7 Å². The number of hydrogen-bond donors (Lipinski definition) is 2. The molecule has 0 bridgehead atoms. The van der Waals surface area contributed by atoms with Crippen molar-refractivity contribution in [2.24, 2.45) is 17.1 Å². The van der Waals surface area contributed by atoms with Crippen molar-refractivity contribution < 1.29 is 4.79 Å². The molecule has 2 aliphatic rings. The Bertz CT molecular complexity index is 286. The van der Waals surface area contributed by atoms with Gasteiger partial charge in [0, 0.05) is 18.5 Å². The molecule has 0 heterocycles. The number of hydrogen-bond acceptors (Lipinski definition) is 2. The summed E-state index contributed by atoms with van der Waals surface area (Å²) in [5.41, 5.74) is 6.38. The molecule has 0 aromatic heterocycles. The van der Waals surface area contributed by atoms with Crippen LogP contribution in [0.4, 0.5) is 0 Å². The highest BCUT2D eigenvalue weighted by Gasteiger charge is 2.36. The highest BCUT2D eigenvalue weighted by Crippen LogP contribution is 2.44. The minimum absolute atomic E-state index is 0.174. The number of carbonyl (C=O) groups is 1. The van der Waals surface area contributed by atoms with Gasteiger partial charge < -0.3 is 11.1 Å². The Labute approximate surface area is 111 Å². The Morgan fingerprint density at radius 3 is 2.67 bits per heavy atom. The van der Waals surface area contributed by atoms with E-state index in [2.05, 4.69) is 12.2 Å². The van der Waals surface area contributed by atoms with E-state index in [9.17, 15) is 4.79 Å². The number of nitrogens with two attached hydrogens (primary N) is 1. The van der Waals surface area contributed by atoms with Crippen molar-refractivity contribution in [3.05, 3.63) is 0 Å². The smallest absolute Gasteiger partial charge is 0.223 e. The molecule has 104 valence electrons. The van der Waals surface area contributed by atoms with Crippen LogP contribution in [-0.4, -0.2) is 18.5 Å². The Kier molecular flexibility index (Phi) is 4.66. The first-order valence-electron chi connectivity index (χ1n) is 7.68. The van der Waals surface area contributed by atoms with Gasteiger partial charge in [-0.3, -0.25) is 4.79 Å². The van der Waals surface area contributed by atoms with Gasteiger partial charge in [-0.25, -0.2) is 0 Å². The molecule has 2 unspecified atom stereocenters. The van der Waals surface area contributed by atoms with Crippen molar-refractivity contribution in [2.75, 3.05) is 6.54 Å². The normalized spacial score (nSPS) is 30.6. The summed E-state index contributed by atoms with van der Waals surface area (Å²) in [5, 5.41) is 3.21. The fraction of sp³-hybridized carbons (Fsp3) is 0.933. The summed E-state index contributed by atoms with van der Waals surface area (Å²) >= 11 is 0. The molecule has 0 aromatic rings. The van der Waals surface area contributed by atoms with Gasteiger partial charge >= 0.3 is 0 Å². The summed E-state index contributed by atoms with van der Waals surface area (Å²) in [6, 6.07) is 0.239. The van der Waals surface area contributed by atoms with Gasteiger partial charge in [0.15, 0.2) is 0 Å². The van der Waals surface area contributed by atoms with Crippen LogP contribution in [0.25, 0.3) is 0 Å². The molecule has 0 aliphatic heterocycles. The highest BCUT2D eigenvalue weighted by molar-refractivity contribution is 5.78. The molecular formula is C15H28N2O. The van der Waals surface area contributed by atoms with Crippen molar-refractivity contribution in [1.82, 2.24) is 5.32 Å². The fourth-order valence-corrected chi connectivity index (χ4v) is 3.61. The highest BCUT2D eigenvalue weighted by atomic mass is 16.1. The third-order valence-corrected chi connectivity index (χ3v) is 4.92. The summed E-state index contributed by atoms with van der Waals surface area (Å²) in [4.78, 5) is 12.2. The van der Waals surface area contributed by atoms with Gasteiger partial charge in [-0.05, 0) is 43.9 Å². The third kappa shape index (κ3) is 3.25. The van der Waals surface area contributed by atoms with E-state index in [1.807, 2.05) is 0 Å². The van der Waals surface area contributed by atoms with Crippen LogP contribution in [0.5, 0.6) is 0 Å². The van der Waals surface area contributed by atoms with Crippen LogP contribution in [0.3, 0.4) is 0 Å². The van der Waals surface area contributed by atoms with Gasteiger partial charge in [-0.1, -0.05) is 26.2 Å². The molecule has 3 nitrogen and oxygen atoms in total. The maximum atomic E-state index is 12.2. The molecule has 18 heavy (non-hydrogen) atoms. The monoisotopic (exact) mass is 252 g/mol. The zero-order chi connectivity index (χ0) is 13.0. The van der Waals surface area contributed by atoms with E-state index in [-0.39, 0.29) is 17.9 Å². The second-order valence-electron chi connectivity index (χ2n) is 6.44. The molecule has 0 saturated heterocycles. The lowest BCUT2D eigenvalue weighted by atomic mass is 9.66. The third-order valence-electron chi connectivity index (χ3n) is 4.92. The van der Waals surface area contributed by atoms with E-state index in [4.69, 9.17) is 5.73 Å². The first-order chi connectivity index (χ1) is 8.65. The topological polar surface area (TPSA) is 55.1 Å². The van der Waals surface area contributed by atoms with Gasteiger partial charge in [0.2, 0.25) is 5.91 Å². The summed E-state index contributed by atoms with van der Waals surface area (Å²) < 4.78 is 0. The summed E-state index contributed by atoms with van der Waals surface area (Å²) in [6.45, 7) is 3.13. The second kappa shape index (κ2) is 6.05. The van der Waals surface area contributed by atoms with Crippen molar-refractivity contribution in [1.29, 1.82) is 0 Å². The maximum absolute atomic E-state index is 12.2. The molecule has 2 saturated carbocycles. The first-order valence-corrected chi connectivity index (χ1v) is 7.68. The molecule has 2 rings (SSSR count). The lowest BCUT2D eigenvalue weighted by Gasteiger charge is -2.42. The number of amides is 1. The molecule has 0 radical (unpaired) electrons. The Hall–Kier alpha value is -0.570. The van der Waals surface area contributed by atoms with Crippen LogP contribution in [-0.2, 0) is 4.79 Å². The van der Waals surface area contributed by atoms with Gasteiger partial charge in [0.05, 0.1) is 0 Å². The molecule has 1 amide bonds. The molecule has 2 fully saturated rings. The lowest BCUT2D eigenvalue weighted by molar-refractivity contribution is -0.127. The van der Waals surface area contributed by atoms with Crippen LogP contribution in [0, 0.1) is 11.3 Å². The van der Waals surface area contributed by atoms with Crippen molar-refractivity contribution in [3.63, 3.8) is 0 Å². The fourth-order valence-electron chi connectivity index (χ4n) is 3.61. The first kappa shape index (κ1) is 13.9. The van der Waals surface area contributed by atoms with Gasteiger partial charge in [0.1, 0.15) is 0 Å². The van der Waals surface area contributed by atoms with Crippen molar-refractivity contribution in [2.45, 2.75) is 70.8 Å². The van der Waals surface area contributed by atoms with Crippen molar-refractivity contribution in [3.8, 4) is 0 Å². The average molecular weight is 252 g/mol. The molecule has 3 heteroatoms. The van der Waals surface area contributed by atoms with Crippen LogP contribution in [0.15, 0.2) is 0 Å². The summed E-state index contributed by atoms with van der Waals surface area (Å²) in [5.74, 6) is 0.431. The Morgan fingerprint density at radius 1 is 1.33 bits per heavy atom. The molecule has 0 aromatic carbocycles. The number of nitrogens with one attached hydrogen (secondary N) is 1. The van der Waals surface area contributed by atoms with E-state index in [1.165, 1.54) is 32.1 Å². The van der Waals surface area contributed by atoms with Gasteiger partial charge in [-0.15, -0.1) is 0 Å². The molecule has 3 N–H and O–H groups in total. The lowest BCUT2D eigenvalue weighted by Crippen LogP contribution is -2.45. The number of rotatable bonds is 5. The van der Waals surface area contributed by atoms with E-state index in [0.717, 1.165) is 32.2 Å². The predicted octanol–water partition coefficient (Wildman–Crippen LogP) is 2.59. The van der Waals surface area contributed by atoms with E-state index >= 15 is 0 Å². The molecular weight excluding hydrogens is 224 g/mol. The zero-order valence-electron chi connectivity index (χ0n) is 11.7. The van der Waals surface area contributed by atoms with E-state index in [1.54, 1.807) is 0 Å². The van der Waals surface area contributed by atoms with Crippen LogP contribution >= 0.6 is 0 Å². The van der Waals surface area contributed by atoms with Crippen LogP contribution < -0.4 is 11.1 Å². The van der Waals surface area contributed by atoms with E-state index < -0.39 is 0 Å². The zero-order valence-corrected chi connectivity index (χ0v) is 11.7. The van der Waals surface area contributed by atoms with Gasteiger partial charge in [-0.2, -0.15) is 0 Å². The molecule has 2 atom stereocenters.